The van der Waals surface area contributed by atoms with Crippen LogP contribution in [0, 0.1) is 34.8 Å². The summed E-state index contributed by atoms with van der Waals surface area (Å²) in [5, 5.41) is 17.7. The van der Waals surface area contributed by atoms with Crippen molar-refractivity contribution >= 4 is 23.3 Å². The van der Waals surface area contributed by atoms with Crippen LogP contribution in [0.3, 0.4) is 0 Å². The average Bonchev–Trinajstić information content (AvgIpc) is 3.17. The van der Waals surface area contributed by atoms with Crippen LogP contribution in [0.4, 0.5) is 5.82 Å². The summed E-state index contributed by atoms with van der Waals surface area (Å²) in [5.41, 5.74) is 0.432. The lowest BCUT2D eigenvalue weighted by atomic mass is 9.84. The van der Waals surface area contributed by atoms with E-state index in [2.05, 4.69) is 17.3 Å². The van der Waals surface area contributed by atoms with Crippen molar-refractivity contribution < 1.29 is 9.72 Å². The highest BCUT2D eigenvalue weighted by molar-refractivity contribution is 6.33. The number of carbonyl (C=O) groups is 1. The second-order valence-corrected chi connectivity index (χ2v) is 7.21. The van der Waals surface area contributed by atoms with Crippen LogP contribution in [-0.4, -0.2) is 26.7 Å². The monoisotopic (exact) mass is 340 g/mol. The summed E-state index contributed by atoms with van der Waals surface area (Å²) < 4.78 is 1.29. The van der Waals surface area contributed by atoms with Gasteiger partial charge in [-0.05, 0) is 55.8 Å². The first-order valence-corrected chi connectivity index (χ1v) is 8.41. The van der Waals surface area contributed by atoms with Crippen molar-refractivity contribution in [1.29, 1.82) is 0 Å². The number of nitrogens with one attached hydrogen (secondary N) is 1. The number of halogens is 1. The number of carbonyl (C=O) groups excluding carboxylic acids is 1. The summed E-state index contributed by atoms with van der Waals surface area (Å²) in [6.07, 6.45) is 5.10. The Balaban J connectivity index is 1.61. The molecule has 0 aliphatic heterocycles. The number of fused-ring (bicyclic) bond motifs is 2. The SMILES string of the molecule is Cc1c(Cl)c([N+](=O)[O-])nn1CC(=O)N[C@@H](C)[C@@H]1C[C@H]2CC[C@H]1C2. The third-order valence-corrected chi connectivity index (χ3v) is 5.85. The third-order valence-electron chi connectivity index (χ3n) is 5.41. The van der Waals surface area contributed by atoms with Crippen molar-refractivity contribution in [3.63, 3.8) is 0 Å². The predicted octanol–water partition coefficient (Wildman–Crippen LogP) is 2.69. The van der Waals surface area contributed by atoms with Crippen LogP contribution < -0.4 is 5.32 Å². The molecule has 126 valence electrons. The molecule has 1 aromatic heterocycles. The Morgan fingerprint density at radius 1 is 1.52 bits per heavy atom. The van der Waals surface area contributed by atoms with Gasteiger partial charge in [-0.25, -0.2) is 0 Å². The molecule has 2 aliphatic rings. The smallest absolute Gasteiger partial charge is 0.358 e. The molecule has 3 rings (SSSR count). The maximum absolute atomic E-state index is 12.2. The fraction of sp³-hybridized carbons (Fsp3) is 0.733. The van der Waals surface area contributed by atoms with Crippen LogP contribution in [0.2, 0.25) is 5.02 Å². The van der Waals surface area contributed by atoms with Crippen molar-refractivity contribution in [2.24, 2.45) is 17.8 Å². The van der Waals surface area contributed by atoms with Crippen molar-refractivity contribution in [3.05, 3.63) is 20.8 Å². The largest absolute Gasteiger partial charge is 0.408 e. The van der Waals surface area contributed by atoms with Gasteiger partial charge in [-0.15, -0.1) is 0 Å². The predicted molar refractivity (Wildman–Crippen MR) is 85.2 cm³/mol. The fourth-order valence-corrected chi connectivity index (χ4v) is 4.43. The molecule has 7 nitrogen and oxygen atoms in total. The molecule has 1 amide bonds. The van der Waals surface area contributed by atoms with E-state index in [-0.39, 0.29) is 23.5 Å². The quantitative estimate of drug-likeness (QED) is 0.659. The number of aromatic nitrogens is 2. The van der Waals surface area contributed by atoms with Gasteiger partial charge in [-0.2, -0.15) is 4.68 Å². The third kappa shape index (κ3) is 3.06. The minimum atomic E-state index is -0.637. The second kappa shape index (κ2) is 6.11. The van der Waals surface area contributed by atoms with Gasteiger partial charge in [-0.1, -0.05) is 18.0 Å². The number of nitrogens with zero attached hydrogens (tertiary/aromatic N) is 3. The van der Waals surface area contributed by atoms with E-state index < -0.39 is 10.7 Å². The minimum absolute atomic E-state index is 0.0102. The first-order chi connectivity index (χ1) is 10.9. The summed E-state index contributed by atoms with van der Waals surface area (Å²) in [5.74, 6) is 1.53. The zero-order valence-electron chi connectivity index (χ0n) is 13.3. The van der Waals surface area contributed by atoms with Gasteiger partial charge in [0.2, 0.25) is 5.91 Å². The Labute approximate surface area is 139 Å². The highest BCUT2D eigenvalue weighted by Crippen LogP contribution is 2.49. The Hall–Kier alpha value is -1.63. The van der Waals surface area contributed by atoms with E-state index in [0.717, 1.165) is 11.8 Å². The van der Waals surface area contributed by atoms with Gasteiger partial charge in [0.15, 0.2) is 5.02 Å². The van der Waals surface area contributed by atoms with Gasteiger partial charge in [0, 0.05) is 6.04 Å². The first kappa shape index (κ1) is 16.2. The number of hydrogen-bond acceptors (Lipinski definition) is 4. The summed E-state index contributed by atoms with van der Waals surface area (Å²) in [6.45, 7) is 3.62. The second-order valence-electron chi connectivity index (χ2n) is 6.83. The molecule has 2 saturated carbocycles. The minimum Gasteiger partial charge on any atom is -0.358 e. The summed E-state index contributed by atoms with van der Waals surface area (Å²) in [6, 6.07) is 0.124. The van der Waals surface area contributed by atoms with Crippen LogP contribution in [0.25, 0.3) is 0 Å². The Bertz CT molecular complexity index is 645. The topological polar surface area (TPSA) is 90.1 Å². The van der Waals surface area contributed by atoms with Crippen molar-refractivity contribution in [1.82, 2.24) is 15.1 Å². The lowest BCUT2D eigenvalue weighted by molar-refractivity contribution is -0.389. The molecule has 0 unspecified atom stereocenters. The molecule has 0 radical (unpaired) electrons. The molecule has 2 aliphatic carbocycles. The van der Waals surface area contributed by atoms with E-state index in [4.69, 9.17) is 11.6 Å². The zero-order chi connectivity index (χ0) is 16.7. The maximum atomic E-state index is 12.2. The number of hydrogen-bond donors (Lipinski definition) is 1. The average molecular weight is 341 g/mol. The summed E-state index contributed by atoms with van der Waals surface area (Å²) >= 11 is 5.89. The van der Waals surface area contributed by atoms with Crippen molar-refractivity contribution in [3.8, 4) is 0 Å². The summed E-state index contributed by atoms with van der Waals surface area (Å²) in [7, 11) is 0. The van der Waals surface area contributed by atoms with E-state index >= 15 is 0 Å². The van der Waals surface area contributed by atoms with Crippen LogP contribution in [0.5, 0.6) is 0 Å². The normalized spacial score (nSPS) is 27.2. The van der Waals surface area contributed by atoms with Crippen LogP contribution in [0.1, 0.15) is 38.3 Å². The standard InChI is InChI=1S/C15H21ClN4O3/c1-8(12-6-10-3-4-11(12)5-10)17-13(21)7-19-9(2)14(16)15(18-19)20(22)23/h8,10-12H,3-7H2,1-2H3,(H,17,21)/t8-,10-,11-,12-/m0/s1. The Kier molecular flexibility index (Phi) is 4.31. The molecule has 1 aromatic rings. The van der Waals surface area contributed by atoms with E-state index in [1.54, 1.807) is 6.92 Å². The Morgan fingerprint density at radius 3 is 2.78 bits per heavy atom. The molecule has 2 bridgehead atoms. The molecule has 0 spiro atoms. The number of amides is 1. The van der Waals surface area contributed by atoms with Gasteiger partial charge in [0.25, 0.3) is 0 Å². The van der Waals surface area contributed by atoms with Gasteiger partial charge in [0.1, 0.15) is 6.54 Å². The van der Waals surface area contributed by atoms with Gasteiger partial charge in [0.05, 0.1) is 10.8 Å². The van der Waals surface area contributed by atoms with E-state index in [1.165, 1.54) is 30.4 Å². The molecule has 2 fully saturated rings. The highest BCUT2D eigenvalue weighted by atomic mass is 35.5. The van der Waals surface area contributed by atoms with Crippen LogP contribution >= 0.6 is 11.6 Å². The number of nitro groups is 1. The summed E-state index contributed by atoms with van der Waals surface area (Å²) in [4.78, 5) is 22.4. The van der Waals surface area contributed by atoms with Gasteiger partial charge in [-0.3, -0.25) is 4.79 Å². The lowest BCUT2D eigenvalue weighted by Gasteiger charge is -2.28. The molecule has 8 heteroatoms. The maximum Gasteiger partial charge on any atom is 0.408 e. The van der Waals surface area contributed by atoms with Crippen LogP contribution in [-0.2, 0) is 11.3 Å². The molecule has 4 atom stereocenters. The first-order valence-electron chi connectivity index (χ1n) is 8.03. The van der Waals surface area contributed by atoms with Crippen LogP contribution in [0.15, 0.2) is 0 Å². The van der Waals surface area contributed by atoms with Gasteiger partial charge < -0.3 is 15.4 Å². The molecule has 0 saturated heterocycles. The van der Waals surface area contributed by atoms with Crippen molar-refractivity contribution in [2.45, 2.75) is 52.1 Å². The van der Waals surface area contributed by atoms with E-state index in [1.807, 2.05) is 0 Å². The highest BCUT2D eigenvalue weighted by Gasteiger charge is 2.42. The van der Waals surface area contributed by atoms with E-state index in [0.29, 0.717) is 11.6 Å². The zero-order valence-corrected chi connectivity index (χ0v) is 14.0. The molecular weight excluding hydrogens is 320 g/mol. The van der Waals surface area contributed by atoms with Crippen molar-refractivity contribution in [2.75, 3.05) is 0 Å². The molecule has 23 heavy (non-hydrogen) atoms. The molecular formula is C15H21ClN4O3. The number of rotatable bonds is 5. The fourth-order valence-electron chi connectivity index (χ4n) is 4.23. The van der Waals surface area contributed by atoms with E-state index in [9.17, 15) is 14.9 Å². The van der Waals surface area contributed by atoms with Gasteiger partial charge >= 0.3 is 5.82 Å². The Morgan fingerprint density at radius 2 is 2.26 bits per heavy atom. The molecule has 1 N–H and O–H groups in total. The molecule has 0 aromatic carbocycles. The molecule has 1 heterocycles. The lowest BCUT2D eigenvalue weighted by Crippen LogP contribution is -2.41.